The topological polar surface area (TPSA) is 78.8 Å². The third-order valence-electron chi connectivity index (χ3n) is 3.40. The molecule has 5 nitrogen and oxygen atoms in total. The zero-order chi connectivity index (χ0) is 14.7. The van der Waals surface area contributed by atoms with Crippen molar-refractivity contribution in [1.82, 2.24) is 0 Å². The van der Waals surface area contributed by atoms with Crippen LogP contribution in [0.4, 0.5) is 5.69 Å². The number of nitrogens with one attached hydrogen (secondary N) is 1. The van der Waals surface area contributed by atoms with Crippen molar-refractivity contribution in [2.45, 2.75) is 32.4 Å². The molecule has 0 aliphatic carbocycles. The first-order valence-electron chi connectivity index (χ1n) is 6.68. The van der Waals surface area contributed by atoms with Crippen LogP contribution < -0.4 is 10.1 Å². The SMILES string of the molecule is CCCCC1=CC(O)Nc2c1ccc(OC)c2C(=O)O. The van der Waals surface area contributed by atoms with Crippen LogP contribution in [-0.4, -0.2) is 29.5 Å². The Kier molecular flexibility index (Phi) is 4.29. The average Bonchev–Trinajstić information content (AvgIpc) is 2.42. The van der Waals surface area contributed by atoms with Crippen molar-refractivity contribution >= 4 is 17.2 Å². The lowest BCUT2D eigenvalue weighted by Crippen LogP contribution is -2.23. The maximum atomic E-state index is 11.5. The van der Waals surface area contributed by atoms with Gasteiger partial charge in [-0.1, -0.05) is 13.3 Å². The molecule has 0 amide bonds. The molecule has 3 N–H and O–H groups in total. The summed E-state index contributed by atoms with van der Waals surface area (Å²) in [6.07, 6.45) is 3.70. The van der Waals surface area contributed by atoms with Gasteiger partial charge in [-0.25, -0.2) is 4.79 Å². The number of aromatic carboxylic acids is 1. The number of methoxy groups -OCH3 is 1. The predicted molar refractivity (Wildman–Crippen MR) is 77.1 cm³/mol. The largest absolute Gasteiger partial charge is 0.496 e. The molecule has 0 bridgehead atoms. The van der Waals surface area contributed by atoms with Crippen LogP contribution >= 0.6 is 0 Å². The summed E-state index contributed by atoms with van der Waals surface area (Å²) in [6, 6.07) is 3.49. The number of carbonyl (C=O) groups is 1. The van der Waals surface area contributed by atoms with Gasteiger partial charge in [0.2, 0.25) is 0 Å². The van der Waals surface area contributed by atoms with E-state index in [1.54, 1.807) is 12.1 Å². The number of rotatable bonds is 5. The Hall–Kier alpha value is -2.01. The zero-order valence-electron chi connectivity index (χ0n) is 11.6. The van der Waals surface area contributed by atoms with Crippen LogP contribution in [0.2, 0.25) is 0 Å². The van der Waals surface area contributed by atoms with Crippen molar-refractivity contribution in [2.75, 3.05) is 12.4 Å². The van der Waals surface area contributed by atoms with E-state index >= 15 is 0 Å². The molecule has 0 spiro atoms. The van der Waals surface area contributed by atoms with Crippen molar-refractivity contribution in [2.24, 2.45) is 0 Å². The molecule has 1 atom stereocenters. The van der Waals surface area contributed by atoms with Crippen LogP contribution in [0.3, 0.4) is 0 Å². The number of anilines is 1. The number of carboxylic acids is 1. The van der Waals surface area contributed by atoms with Crippen LogP contribution in [0.1, 0.15) is 42.1 Å². The summed E-state index contributed by atoms with van der Waals surface area (Å²) >= 11 is 0. The highest BCUT2D eigenvalue weighted by Gasteiger charge is 2.25. The maximum Gasteiger partial charge on any atom is 0.341 e. The second kappa shape index (κ2) is 5.96. The molecule has 0 radical (unpaired) electrons. The third-order valence-corrected chi connectivity index (χ3v) is 3.40. The first-order chi connectivity index (χ1) is 9.58. The van der Waals surface area contributed by atoms with Crippen LogP contribution in [0.15, 0.2) is 18.2 Å². The molecule has 1 unspecified atom stereocenters. The van der Waals surface area contributed by atoms with E-state index < -0.39 is 12.2 Å². The summed E-state index contributed by atoms with van der Waals surface area (Å²) in [5.41, 5.74) is 2.28. The lowest BCUT2D eigenvalue weighted by Gasteiger charge is -2.25. The number of unbranched alkanes of at least 4 members (excludes halogenated alkanes) is 1. The number of benzene rings is 1. The molecule has 20 heavy (non-hydrogen) atoms. The van der Waals surface area contributed by atoms with Crippen LogP contribution in [0.25, 0.3) is 5.57 Å². The highest BCUT2D eigenvalue weighted by atomic mass is 16.5. The summed E-state index contributed by atoms with van der Waals surface area (Å²) < 4.78 is 5.10. The van der Waals surface area contributed by atoms with E-state index in [0.717, 1.165) is 30.4 Å². The second-order valence-electron chi connectivity index (χ2n) is 4.76. The molecule has 5 heteroatoms. The molecule has 1 heterocycles. The van der Waals surface area contributed by atoms with Crippen molar-refractivity contribution in [3.05, 3.63) is 29.3 Å². The van der Waals surface area contributed by atoms with Gasteiger partial charge in [-0.05, 0) is 36.6 Å². The Bertz CT molecular complexity index is 551. The molecule has 0 aromatic heterocycles. The number of carboxylic acid groups (broad SMARTS) is 1. The second-order valence-corrected chi connectivity index (χ2v) is 4.76. The Balaban J connectivity index is 2.53. The van der Waals surface area contributed by atoms with Gasteiger partial charge in [-0.3, -0.25) is 0 Å². The molecular formula is C15H19NO4. The maximum absolute atomic E-state index is 11.5. The lowest BCUT2D eigenvalue weighted by atomic mass is 9.92. The minimum atomic E-state index is -1.07. The van der Waals surface area contributed by atoms with E-state index in [1.807, 2.05) is 6.07 Å². The first kappa shape index (κ1) is 14.4. The first-order valence-corrected chi connectivity index (χ1v) is 6.68. The smallest absolute Gasteiger partial charge is 0.341 e. The minimum absolute atomic E-state index is 0.0612. The lowest BCUT2D eigenvalue weighted by molar-refractivity contribution is 0.0694. The molecule has 0 saturated heterocycles. The van der Waals surface area contributed by atoms with Gasteiger partial charge in [0.15, 0.2) is 0 Å². The average molecular weight is 277 g/mol. The number of hydrogen-bond donors (Lipinski definition) is 3. The Labute approximate surface area is 117 Å². The van der Waals surface area contributed by atoms with Gasteiger partial charge < -0.3 is 20.3 Å². The molecule has 108 valence electrons. The van der Waals surface area contributed by atoms with Crippen molar-refractivity contribution < 1.29 is 19.7 Å². The van der Waals surface area contributed by atoms with Gasteiger partial charge in [0.25, 0.3) is 0 Å². The number of ether oxygens (including phenoxy) is 1. The summed E-state index contributed by atoms with van der Waals surface area (Å²) in [5.74, 6) is -0.789. The highest BCUT2D eigenvalue weighted by molar-refractivity contribution is 6.01. The molecule has 2 rings (SSSR count). The van der Waals surface area contributed by atoms with Crippen LogP contribution in [0, 0.1) is 0 Å². The standard InChI is InChI=1S/C15H19NO4/c1-3-4-5-9-8-12(17)16-14-10(9)6-7-11(20-2)13(14)15(18)19/h6-8,12,16-17H,3-5H2,1-2H3,(H,18,19). The summed E-state index contributed by atoms with van der Waals surface area (Å²) in [4.78, 5) is 11.5. The quantitative estimate of drug-likeness (QED) is 0.771. The number of aliphatic hydroxyl groups is 1. The number of fused-ring (bicyclic) bond motifs is 1. The third kappa shape index (κ3) is 2.63. The molecule has 1 aromatic rings. The van der Waals surface area contributed by atoms with E-state index in [2.05, 4.69) is 12.2 Å². The molecular weight excluding hydrogens is 258 g/mol. The monoisotopic (exact) mass is 277 g/mol. The highest BCUT2D eigenvalue weighted by Crippen LogP contribution is 2.38. The fourth-order valence-electron chi connectivity index (χ4n) is 2.44. The Morgan fingerprint density at radius 3 is 2.80 bits per heavy atom. The van der Waals surface area contributed by atoms with Gasteiger partial charge in [-0.2, -0.15) is 0 Å². The number of allylic oxidation sites excluding steroid dienone is 1. The summed E-state index contributed by atoms with van der Waals surface area (Å²) in [6.45, 7) is 2.09. The predicted octanol–water partition coefficient (Wildman–Crippen LogP) is 2.71. The Morgan fingerprint density at radius 2 is 2.20 bits per heavy atom. The van der Waals surface area contributed by atoms with Crippen molar-refractivity contribution in [3.63, 3.8) is 0 Å². The molecule has 1 aliphatic heterocycles. The number of hydrogen-bond acceptors (Lipinski definition) is 4. The minimum Gasteiger partial charge on any atom is -0.496 e. The van der Waals surface area contributed by atoms with E-state index in [-0.39, 0.29) is 11.3 Å². The van der Waals surface area contributed by atoms with Gasteiger partial charge in [-0.15, -0.1) is 0 Å². The van der Waals surface area contributed by atoms with Crippen molar-refractivity contribution in [1.29, 1.82) is 0 Å². The molecule has 1 aliphatic rings. The number of aliphatic hydroxyl groups excluding tert-OH is 1. The van der Waals surface area contributed by atoms with E-state index in [4.69, 9.17) is 4.74 Å². The van der Waals surface area contributed by atoms with E-state index in [0.29, 0.717) is 5.69 Å². The molecule has 0 fully saturated rings. The van der Waals surface area contributed by atoms with E-state index in [9.17, 15) is 15.0 Å². The van der Waals surface area contributed by atoms with Gasteiger partial charge >= 0.3 is 5.97 Å². The summed E-state index contributed by atoms with van der Waals surface area (Å²) in [7, 11) is 1.43. The van der Waals surface area contributed by atoms with Crippen LogP contribution in [0.5, 0.6) is 5.75 Å². The summed E-state index contributed by atoms with van der Waals surface area (Å²) in [5, 5.41) is 22.1. The molecule has 1 aromatic carbocycles. The van der Waals surface area contributed by atoms with Crippen LogP contribution in [-0.2, 0) is 0 Å². The van der Waals surface area contributed by atoms with Gasteiger partial charge in [0.1, 0.15) is 17.5 Å². The van der Waals surface area contributed by atoms with Gasteiger partial charge in [0, 0.05) is 5.56 Å². The fourth-order valence-corrected chi connectivity index (χ4v) is 2.44. The molecule has 0 saturated carbocycles. The van der Waals surface area contributed by atoms with E-state index in [1.165, 1.54) is 7.11 Å². The zero-order valence-corrected chi connectivity index (χ0v) is 11.6. The Morgan fingerprint density at radius 1 is 1.45 bits per heavy atom. The normalized spacial score (nSPS) is 16.9. The fraction of sp³-hybridized carbons (Fsp3) is 0.400. The van der Waals surface area contributed by atoms with Crippen molar-refractivity contribution in [3.8, 4) is 5.75 Å². The van der Waals surface area contributed by atoms with Gasteiger partial charge in [0.05, 0.1) is 12.8 Å².